The number of nitrogens with one attached hydrogen (secondary N) is 1. The van der Waals surface area contributed by atoms with E-state index in [-0.39, 0.29) is 32.7 Å². The molecule has 0 saturated heterocycles. The fraction of sp³-hybridized carbons (Fsp3) is 0.316. The topological polar surface area (TPSA) is 127 Å². The van der Waals surface area contributed by atoms with Crippen LogP contribution in [0.15, 0.2) is 29.2 Å². The van der Waals surface area contributed by atoms with Gasteiger partial charge in [0.05, 0.1) is 28.3 Å². The van der Waals surface area contributed by atoms with Gasteiger partial charge < -0.3 is 16.0 Å². The van der Waals surface area contributed by atoms with Gasteiger partial charge in [0.15, 0.2) is 9.84 Å². The normalized spacial score (nSPS) is 13.7. The molecule has 1 aromatic heterocycles. The SMILES string of the molecule is CCS(=O)(=O)c1ccccc1C(=O)Nc1sc2c(c1C(N)=O)CCN(C(C)=O)C2. The molecular formula is C19H21N3O5S2. The summed E-state index contributed by atoms with van der Waals surface area (Å²) in [5.74, 6) is -1.53. The molecule has 1 aliphatic rings. The van der Waals surface area contributed by atoms with Crippen LogP contribution in [-0.2, 0) is 27.6 Å². The van der Waals surface area contributed by atoms with Crippen molar-refractivity contribution in [2.45, 2.75) is 31.7 Å². The number of carbonyl (C=O) groups excluding carboxylic acids is 3. The Hall–Kier alpha value is -2.72. The molecule has 0 spiro atoms. The van der Waals surface area contributed by atoms with Crippen molar-refractivity contribution in [2.24, 2.45) is 5.73 Å². The van der Waals surface area contributed by atoms with Gasteiger partial charge in [-0.25, -0.2) is 8.42 Å². The van der Waals surface area contributed by atoms with Crippen molar-refractivity contribution in [3.8, 4) is 0 Å². The zero-order valence-corrected chi connectivity index (χ0v) is 17.7. The molecule has 0 unspecified atom stereocenters. The number of nitrogens with zero attached hydrogens (tertiary/aromatic N) is 1. The highest BCUT2D eigenvalue weighted by atomic mass is 32.2. The Morgan fingerprint density at radius 2 is 1.93 bits per heavy atom. The summed E-state index contributed by atoms with van der Waals surface area (Å²) in [4.78, 5) is 39.0. The Labute approximate surface area is 172 Å². The predicted molar refractivity (Wildman–Crippen MR) is 110 cm³/mol. The first kappa shape index (κ1) is 21.0. The largest absolute Gasteiger partial charge is 0.365 e. The second-order valence-electron chi connectivity index (χ2n) is 6.62. The molecule has 2 aromatic rings. The maximum absolute atomic E-state index is 12.9. The number of rotatable bonds is 5. The third-order valence-corrected chi connectivity index (χ3v) is 7.74. The zero-order chi connectivity index (χ0) is 21.3. The molecule has 8 nitrogen and oxygen atoms in total. The lowest BCUT2D eigenvalue weighted by atomic mass is 10.0. The first-order chi connectivity index (χ1) is 13.7. The lowest BCUT2D eigenvalue weighted by Crippen LogP contribution is -2.34. The second-order valence-corrected chi connectivity index (χ2v) is 9.97. The summed E-state index contributed by atoms with van der Waals surface area (Å²) in [6, 6.07) is 5.93. The third-order valence-electron chi connectivity index (χ3n) is 4.82. The van der Waals surface area contributed by atoms with Crippen molar-refractivity contribution in [1.29, 1.82) is 0 Å². The summed E-state index contributed by atoms with van der Waals surface area (Å²) in [6.45, 7) is 3.78. The van der Waals surface area contributed by atoms with Crippen molar-refractivity contribution in [3.63, 3.8) is 0 Å². The molecule has 1 aromatic carbocycles. The lowest BCUT2D eigenvalue weighted by molar-refractivity contribution is -0.129. The third kappa shape index (κ3) is 4.03. The van der Waals surface area contributed by atoms with E-state index in [1.807, 2.05) is 0 Å². The summed E-state index contributed by atoms with van der Waals surface area (Å²) in [5, 5.41) is 2.92. The first-order valence-electron chi connectivity index (χ1n) is 8.98. The van der Waals surface area contributed by atoms with Crippen LogP contribution in [0.25, 0.3) is 0 Å². The molecule has 0 fully saturated rings. The van der Waals surface area contributed by atoms with E-state index in [0.29, 0.717) is 19.5 Å². The number of fused-ring (bicyclic) bond motifs is 1. The van der Waals surface area contributed by atoms with Gasteiger partial charge in [-0.3, -0.25) is 14.4 Å². The molecule has 0 radical (unpaired) electrons. The van der Waals surface area contributed by atoms with Crippen LogP contribution < -0.4 is 11.1 Å². The van der Waals surface area contributed by atoms with E-state index in [4.69, 9.17) is 5.73 Å². The van der Waals surface area contributed by atoms with Gasteiger partial charge in [0, 0.05) is 18.3 Å². The molecule has 154 valence electrons. The van der Waals surface area contributed by atoms with Crippen LogP contribution in [0, 0.1) is 0 Å². The number of hydrogen-bond acceptors (Lipinski definition) is 6. The van der Waals surface area contributed by atoms with Crippen LogP contribution in [0.3, 0.4) is 0 Å². The average molecular weight is 436 g/mol. The summed E-state index contributed by atoms with van der Waals surface area (Å²) in [7, 11) is -3.60. The predicted octanol–water partition coefficient (Wildman–Crippen LogP) is 1.80. The minimum absolute atomic E-state index is 0.00139. The molecule has 0 aliphatic carbocycles. The van der Waals surface area contributed by atoms with E-state index in [2.05, 4.69) is 5.32 Å². The number of hydrogen-bond donors (Lipinski definition) is 2. The molecule has 10 heteroatoms. The molecule has 0 bridgehead atoms. The highest BCUT2D eigenvalue weighted by Gasteiger charge is 2.29. The molecular weight excluding hydrogens is 414 g/mol. The average Bonchev–Trinajstić information content (AvgIpc) is 3.04. The molecule has 3 amide bonds. The fourth-order valence-electron chi connectivity index (χ4n) is 3.27. The molecule has 2 heterocycles. The van der Waals surface area contributed by atoms with E-state index in [1.54, 1.807) is 17.0 Å². The van der Waals surface area contributed by atoms with Gasteiger partial charge in [0.1, 0.15) is 5.00 Å². The van der Waals surface area contributed by atoms with Crippen molar-refractivity contribution < 1.29 is 22.8 Å². The molecule has 3 N–H and O–H groups in total. The Morgan fingerprint density at radius 3 is 2.55 bits per heavy atom. The van der Waals surface area contributed by atoms with Crippen molar-refractivity contribution in [2.75, 3.05) is 17.6 Å². The fourth-order valence-corrected chi connectivity index (χ4v) is 5.63. The maximum atomic E-state index is 12.9. The highest BCUT2D eigenvalue weighted by Crippen LogP contribution is 2.37. The zero-order valence-electron chi connectivity index (χ0n) is 16.0. The summed E-state index contributed by atoms with van der Waals surface area (Å²) >= 11 is 1.18. The summed E-state index contributed by atoms with van der Waals surface area (Å²) in [5.41, 5.74) is 6.50. The molecule has 3 rings (SSSR count). The number of carbonyl (C=O) groups is 3. The van der Waals surface area contributed by atoms with Gasteiger partial charge in [0.2, 0.25) is 5.91 Å². The standard InChI is InChI=1S/C19H21N3O5S2/c1-3-29(26,27)15-7-5-4-6-13(15)18(25)21-19-16(17(20)24)12-8-9-22(11(2)23)10-14(12)28-19/h4-7H,3,8-10H2,1-2H3,(H2,20,24)(H,21,25). The van der Waals surface area contributed by atoms with Gasteiger partial charge in [-0.1, -0.05) is 19.1 Å². The number of nitrogens with two attached hydrogens (primary N) is 1. The number of sulfone groups is 1. The van der Waals surface area contributed by atoms with E-state index in [9.17, 15) is 22.8 Å². The smallest absolute Gasteiger partial charge is 0.257 e. The highest BCUT2D eigenvalue weighted by molar-refractivity contribution is 7.91. The summed E-state index contributed by atoms with van der Waals surface area (Å²) in [6.07, 6.45) is 0.459. The van der Waals surface area contributed by atoms with Crippen molar-refractivity contribution in [1.82, 2.24) is 4.90 Å². The van der Waals surface area contributed by atoms with Crippen LogP contribution in [0.1, 0.15) is 45.0 Å². The van der Waals surface area contributed by atoms with Crippen molar-refractivity contribution in [3.05, 3.63) is 45.8 Å². The van der Waals surface area contributed by atoms with Crippen molar-refractivity contribution >= 4 is 43.9 Å². The van der Waals surface area contributed by atoms with E-state index >= 15 is 0 Å². The van der Waals surface area contributed by atoms with Gasteiger partial charge in [0.25, 0.3) is 11.8 Å². The van der Waals surface area contributed by atoms with Gasteiger partial charge in [-0.2, -0.15) is 0 Å². The Kier molecular flexibility index (Phi) is 5.76. The Bertz CT molecular complexity index is 1110. The van der Waals surface area contributed by atoms with E-state index < -0.39 is 21.7 Å². The minimum Gasteiger partial charge on any atom is -0.365 e. The van der Waals surface area contributed by atoms with Crippen LogP contribution >= 0.6 is 11.3 Å². The molecule has 29 heavy (non-hydrogen) atoms. The van der Waals surface area contributed by atoms with Crippen LogP contribution in [0.5, 0.6) is 0 Å². The molecule has 1 aliphatic heterocycles. The van der Waals surface area contributed by atoms with Crippen LogP contribution in [-0.4, -0.2) is 43.3 Å². The minimum atomic E-state index is -3.60. The van der Waals surface area contributed by atoms with Crippen LogP contribution in [0.4, 0.5) is 5.00 Å². The number of primary amides is 1. The number of amides is 3. The number of benzene rings is 1. The van der Waals surface area contributed by atoms with Crippen LogP contribution in [0.2, 0.25) is 0 Å². The van der Waals surface area contributed by atoms with Gasteiger partial charge in [-0.15, -0.1) is 11.3 Å². The lowest BCUT2D eigenvalue weighted by Gasteiger charge is -2.25. The van der Waals surface area contributed by atoms with E-state index in [1.165, 1.54) is 37.3 Å². The first-order valence-corrected chi connectivity index (χ1v) is 11.5. The monoisotopic (exact) mass is 435 g/mol. The molecule has 0 atom stereocenters. The maximum Gasteiger partial charge on any atom is 0.257 e. The quantitative estimate of drug-likeness (QED) is 0.740. The Morgan fingerprint density at radius 1 is 1.24 bits per heavy atom. The number of anilines is 1. The molecule has 0 saturated carbocycles. The van der Waals surface area contributed by atoms with E-state index in [0.717, 1.165) is 10.4 Å². The van der Waals surface area contributed by atoms with Gasteiger partial charge >= 0.3 is 0 Å². The van der Waals surface area contributed by atoms with Gasteiger partial charge in [-0.05, 0) is 24.1 Å². The number of thiophene rings is 1. The second kappa shape index (κ2) is 7.96. The summed E-state index contributed by atoms with van der Waals surface area (Å²) < 4.78 is 24.6. The Balaban J connectivity index is 1.99.